The van der Waals surface area contributed by atoms with E-state index in [1.54, 1.807) is 45.9 Å². The van der Waals surface area contributed by atoms with Crippen molar-refractivity contribution in [1.29, 1.82) is 5.26 Å². The maximum absolute atomic E-state index is 14.3. The number of ether oxygens (including phenoxy) is 4. The lowest BCUT2D eigenvalue weighted by Crippen LogP contribution is -2.54. The third-order valence-electron chi connectivity index (χ3n) is 7.13. The van der Waals surface area contributed by atoms with Crippen molar-refractivity contribution in [2.45, 2.75) is 90.9 Å². The number of aromatic nitrogens is 2. The summed E-state index contributed by atoms with van der Waals surface area (Å²) in [5.74, 6) is -0.925. The highest BCUT2D eigenvalue weighted by molar-refractivity contribution is 7.19. The van der Waals surface area contributed by atoms with Gasteiger partial charge in [-0.1, -0.05) is 18.2 Å². The molecule has 1 atom stereocenters. The molecule has 1 saturated heterocycles. The zero-order chi connectivity index (χ0) is 31.7. The predicted octanol–water partition coefficient (Wildman–Crippen LogP) is 5.02. The van der Waals surface area contributed by atoms with Gasteiger partial charge in [-0.2, -0.15) is 14.0 Å². The molecule has 1 aliphatic heterocycles. The molecule has 0 radical (unpaired) electrons. The van der Waals surface area contributed by atoms with Crippen molar-refractivity contribution in [3.63, 3.8) is 0 Å². The minimum Gasteiger partial charge on any atom is -0.458 e. The summed E-state index contributed by atoms with van der Waals surface area (Å²) >= 11 is 0.960. The molecule has 0 spiro atoms. The second-order valence-electron chi connectivity index (χ2n) is 11.8. The van der Waals surface area contributed by atoms with Crippen molar-refractivity contribution in [3.05, 3.63) is 61.1 Å². The van der Waals surface area contributed by atoms with Crippen LogP contribution in [0.25, 0.3) is 10.2 Å². The molecular formula is C30H35F2N3O7S. The van der Waals surface area contributed by atoms with Crippen LogP contribution in [0.1, 0.15) is 69.6 Å². The molecule has 2 aromatic heterocycles. The van der Waals surface area contributed by atoms with Crippen molar-refractivity contribution in [2.24, 2.45) is 0 Å². The fourth-order valence-electron chi connectivity index (χ4n) is 4.98. The molecule has 10 nitrogen and oxygen atoms in total. The van der Waals surface area contributed by atoms with Crippen LogP contribution in [0, 0.1) is 18.3 Å². The smallest absolute Gasteiger partial charge is 0.387 e. The Bertz CT molecular complexity index is 1660. The van der Waals surface area contributed by atoms with E-state index in [4.69, 9.17) is 18.9 Å². The Balaban J connectivity index is 1.96. The number of para-hydroxylation sites is 1. The summed E-state index contributed by atoms with van der Waals surface area (Å²) in [7, 11) is 0. The minimum atomic E-state index is -3.10. The Morgan fingerprint density at radius 1 is 1.16 bits per heavy atom. The number of nitrogens with zero attached hydrogens (tertiary/aromatic N) is 3. The first kappa shape index (κ1) is 32.3. The van der Waals surface area contributed by atoms with E-state index in [0.29, 0.717) is 31.6 Å². The summed E-state index contributed by atoms with van der Waals surface area (Å²) in [6, 6.07) is 8.21. The number of alkyl halides is 2. The van der Waals surface area contributed by atoms with Gasteiger partial charge in [-0.25, -0.2) is 14.2 Å². The first-order chi connectivity index (χ1) is 20.2. The molecule has 0 amide bonds. The van der Waals surface area contributed by atoms with E-state index in [1.165, 1.54) is 24.5 Å². The number of aryl methyl sites for hydroxylation is 1. The van der Waals surface area contributed by atoms with Gasteiger partial charge in [0.2, 0.25) is 0 Å². The van der Waals surface area contributed by atoms with Crippen molar-refractivity contribution in [2.75, 3.05) is 13.2 Å². The van der Waals surface area contributed by atoms with Crippen LogP contribution in [0.2, 0.25) is 0 Å². The number of rotatable bonds is 9. The molecule has 0 bridgehead atoms. The number of benzene rings is 1. The Kier molecular flexibility index (Phi) is 9.44. The van der Waals surface area contributed by atoms with Gasteiger partial charge in [-0.15, -0.1) is 11.3 Å². The van der Waals surface area contributed by atoms with Crippen molar-refractivity contribution in [1.82, 2.24) is 9.13 Å². The summed E-state index contributed by atoms with van der Waals surface area (Å²) in [4.78, 5) is 41.9. The molecule has 13 heteroatoms. The summed E-state index contributed by atoms with van der Waals surface area (Å²) in [5.41, 5.74) is -3.60. The van der Waals surface area contributed by atoms with Crippen LogP contribution in [-0.4, -0.2) is 46.6 Å². The van der Waals surface area contributed by atoms with Gasteiger partial charge in [0, 0.05) is 18.8 Å². The van der Waals surface area contributed by atoms with Gasteiger partial charge in [0.15, 0.2) is 0 Å². The van der Waals surface area contributed by atoms with Crippen molar-refractivity contribution >= 4 is 27.5 Å². The lowest BCUT2D eigenvalue weighted by atomic mass is 10.0. The Labute approximate surface area is 251 Å². The average Bonchev–Trinajstić information content (AvgIpc) is 3.26. The third kappa shape index (κ3) is 6.82. The number of esters is 1. The SMILES string of the molecule is Cc1c(C#N)sc2c1c(=O)n(C(C)(C)C(=O)OC(C)(C)C)c(=O)n2CC(OC1CCOCC1)c1ccccc1OC(F)F. The Morgan fingerprint density at radius 3 is 2.42 bits per heavy atom. The molecule has 0 aliphatic carbocycles. The Morgan fingerprint density at radius 2 is 1.81 bits per heavy atom. The van der Waals surface area contributed by atoms with Gasteiger partial charge in [-0.05, 0) is 66.0 Å². The normalized spacial score (nSPS) is 15.4. The third-order valence-corrected chi connectivity index (χ3v) is 8.35. The zero-order valence-corrected chi connectivity index (χ0v) is 25.8. The van der Waals surface area contributed by atoms with Crippen LogP contribution >= 0.6 is 11.3 Å². The highest BCUT2D eigenvalue weighted by atomic mass is 32.1. The van der Waals surface area contributed by atoms with Gasteiger partial charge in [-0.3, -0.25) is 9.36 Å². The average molecular weight is 620 g/mol. The van der Waals surface area contributed by atoms with E-state index in [9.17, 15) is 28.4 Å². The van der Waals surface area contributed by atoms with Gasteiger partial charge in [0.25, 0.3) is 5.56 Å². The molecule has 3 aromatic rings. The van der Waals surface area contributed by atoms with Crippen molar-refractivity contribution in [3.8, 4) is 11.8 Å². The number of hydrogen-bond donors (Lipinski definition) is 0. The first-order valence-electron chi connectivity index (χ1n) is 13.9. The zero-order valence-electron chi connectivity index (χ0n) is 24.9. The van der Waals surface area contributed by atoms with Crippen LogP contribution < -0.4 is 16.0 Å². The summed E-state index contributed by atoms with van der Waals surface area (Å²) < 4.78 is 51.1. The first-order valence-corrected chi connectivity index (χ1v) is 14.7. The van der Waals surface area contributed by atoms with Crippen LogP contribution in [-0.2, 0) is 31.1 Å². The van der Waals surface area contributed by atoms with Gasteiger partial charge in [0.1, 0.15) is 38.8 Å². The molecule has 1 fully saturated rings. The number of hydrogen-bond acceptors (Lipinski definition) is 9. The highest BCUT2D eigenvalue weighted by Crippen LogP contribution is 2.35. The number of fused-ring (bicyclic) bond motifs is 1. The molecule has 0 N–H and O–H groups in total. The van der Waals surface area contributed by atoms with Crippen molar-refractivity contribution < 1.29 is 32.5 Å². The molecule has 1 aromatic carbocycles. The van der Waals surface area contributed by atoms with Crippen LogP contribution in [0.3, 0.4) is 0 Å². The van der Waals surface area contributed by atoms with E-state index in [1.807, 2.05) is 0 Å². The fraction of sp³-hybridized carbons (Fsp3) is 0.533. The Hall–Kier alpha value is -3.60. The predicted molar refractivity (Wildman–Crippen MR) is 156 cm³/mol. The minimum absolute atomic E-state index is 0.0970. The van der Waals surface area contributed by atoms with E-state index in [2.05, 4.69) is 6.07 Å². The fourth-order valence-corrected chi connectivity index (χ4v) is 6.08. The topological polar surface area (TPSA) is 122 Å². The number of thiophene rings is 1. The van der Waals surface area contributed by atoms with E-state index in [-0.39, 0.29) is 39.1 Å². The molecule has 1 aliphatic rings. The summed E-state index contributed by atoms with van der Waals surface area (Å²) in [6.45, 7) is 6.99. The maximum Gasteiger partial charge on any atom is 0.387 e. The van der Waals surface area contributed by atoms with E-state index >= 15 is 0 Å². The summed E-state index contributed by atoms with van der Waals surface area (Å²) in [5, 5.41) is 9.88. The number of carbonyl (C=O) groups is 1. The lowest BCUT2D eigenvalue weighted by molar-refractivity contribution is -0.164. The number of nitriles is 1. The highest BCUT2D eigenvalue weighted by Gasteiger charge is 2.39. The van der Waals surface area contributed by atoms with Gasteiger partial charge >= 0.3 is 18.3 Å². The maximum atomic E-state index is 14.3. The molecule has 4 rings (SSSR count). The molecule has 232 valence electrons. The number of halogens is 2. The molecule has 1 unspecified atom stereocenters. The second kappa shape index (κ2) is 12.6. The monoisotopic (exact) mass is 619 g/mol. The van der Waals surface area contributed by atoms with Gasteiger partial charge in [0.05, 0.1) is 18.0 Å². The van der Waals surface area contributed by atoms with Crippen LogP contribution in [0.4, 0.5) is 8.78 Å². The second-order valence-corrected chi connectivity index (χ2v) is 12.8. The molecule has 0 saturated carbocycles. The largest absolute Gasteiger partial charge is 0.458 e. The number of carbonyl (C=O) groups excluding carboxylic acids is 1. The standard InChI is InChI=1S/C30H35F2N3O7S/c1-17-22(15-33)43-25-23(17)24(36)35(30(5,6)26(37)42-29(2,3)4)28(38)34(25)16-21(40-18-11-13-39-14-12-18)19-9-7-8-10-20(19)41-27(31)32/h7-10,18,21,27H,11-14,16H2,1-6H3. The van der Waals surface area contributed by atoms with E-state index < -0.39 is 41.1 Å². The van der Waals surface area contributed by atoms with Crippen LogP contribution in [0.15, 0.2) is 33.9 Å². The molecule has 3 heterocycles. The lowest BCUT2D eigenvalue weighted by Gasteiger charge is -2.31. The quantitative estimate of drug-likeness (QED) is 0.306. The van der Waals surface area contributed by atoms with E-state index in [0.717, 1.165) is 15.9 Å². The van der Waals surface area contributed by atoms with Crippen LogP contribution in [0.5, 0.6) is 5.75 Å². The van der Waals surface area contributed by atoms with Gasteiger partial charge < -0.3 is 18.9 Å². The molecule has 43 heavy (non-hydrogen) atoms. The summed E-state index contributed by atoms with van der Waals surface area (Å²) in [6.07, 6.45) is -0.211. The molecular weight excluding hydrogens is 584 g/mol.